The predicted molar refractivity (Wildman–Crippen MR) is 92.8 cm³/mol. The molecule has 0 spiro atoms. The first-order chi connectivity index (χ1) is 10.5. The van der Waals surface area contributed by atoms with E-state index in [9.17, 15) is 4.79 Å². The number of unbranched alkanes of at least 4 members (excludes halogenated alkanes) is 1. The molecule has 1 unspecified atom stereocenters. The Morgan fingerprint density at radius 1 is 1.41 bits per heavy atom. The first-order valence-corrected chi connectivity index (χ1v) is 8.84. The van der Waals surface area contributed by atoms with Gasteiger partial charge in [0.1, 0.15) is 0 Å². The van der Waals surface area contributed by atoms with Crippen molar-refractivity contribution in [2.24, 2.45) is 22.6 Å². The van der Waals surface area contributed by atoms with Crippen molar-refractivity contribution in [3.63, 3.8) is 0 Å². The molecule has 5 heteroatoms. The molecule has 0 radical (unpaired) electrons. The number of piperidine rings is 1. The highest BCUT2D eigenvalue weighted by Gasteiger charge is 2.23. The van der Waals surface area contributed by atoms with E-state index in [-0.39, 0.29) is 5.91 Å². The average molecular weight is 310 g/mol. The van der Waals surface area contributed by atoms with Gasteiger partial charge in [-0.05, 0) is 38.0 Å². The zero-order valence-electron chi connectivity index (χ0n) is 14.6. The molecule has 1 amide bonds. The van der Waals surface area contributed by atoms with Crippen molar-refractivity contribution in [1.82, 2.24) is 10.2 Å². The third-order valence-electron chi connectivity index (χ3n) is 4.09. The molecule has 1 saturated heterocycles. The van der Waals surface area contributed by atoms with Crippen molar-refractivity contribution >= 4 is 11.9 Å². The molecule has 3 N–H and O–H groups in total. The number of nitrogens with one attached hydrogen (secondary N) is 1. The second-order valence-electron chi connectivity index (χ2n) is 6.75. The van der Waals surface area contributed by atoms with Crippen molar-refractivity contribution in [3.8, 4) is 0 Å². The number of aliphatic imine (C=N–C) groups is 1. The Bertz CT molecular complexity index is 355. The third-order valence-corrected chi connectivity index (χ3v) is 4.09. The second kappa shape index (κ2) is 10.5. The van der Waals surface area contributed by atoms with Crippen molar-refractivity contribution < 1.29 is 4.79 Å². The molecule has 5 nitrogen and oxygen atoms in total. The van der Waals surface area contributed by atoms with Crippen molar-refractivity contribution in [2.45, 2.75) is 59.3 Å². The summed E-state index contributed by atoms with van der Waals surface area (Å²) >= 11 is 0. The zero-order chi connectivity index (χ0) is 16.4. The Labute approximate surface area is 135 Å². The Balaban J connectivity index is 2.47. The van der Waals surface area contributed by atoms with Crippen LogP contribution >= 0.6 is 0 Å². The molecule has 0 aromatic heterocycles. The summed E-state index contributed by atoms with van der Waals surface area (Å²) < 4.78 is 0. The van der Waals surface area contributed by atoms with E-state index < -0.39 is 0 Å². The summed E-state index contributed by atoms with van der Waals surface area (Å²) in [5.41, 5.74) is 5.34. The molecule has 1 atom stereocenters. The summed E-state index contributed by atoms with van der Waals surface area (Å²) in [6.07, 6.45) is 6.35. The van der Waals surface area contributed by atoms with Crippen molar-refractivity contribution in [1.29, 1.82) is 0 Å². The van der Waals surface area contributed by atoms with Gasteiger partial charge < -0.3 is 16.0 Å². The Morgan fingerprint density at radius 2 is 2.18 bits per heavy atom. The van der Waals surface area contributed by atoms with Crippen LogP contribution in [0.25, 0.3) is 0 Å². The SMILES string of the molecule is CCNC(=NCCCCC(C)C)N1CCCC(CC(N)=O)C1. The molecule has 1 aliphatic heterocycles. The first-order valence-electron chi connectivity index (χ1n) is 8.84. The molecule has 0 saturated carbocycles. The topological polar surface area (TPSA) is 70.7 Å². The van der Waals surface area contributed by atoms with Crippen LogP contribution in [-0.4, -0.2) is 42.9 Å². The lowest BCUT2D eigenvalue weighted by atomic mass is 9.95. The maximum absolute atomic E-state index is 11.1. The fourth-order valence-electron chi connectivity index (χ4n) is 2.98. The molecule has 0 aliphatic carbocycles. The van der Waals surface area contributed by atoms with Gasteiger partial charge >= 0.3 is 0 Å². The maximum Gasteiger partial charge on any atom is 0.217 e. The minimum atomic E-state index is -0.192. The van der Waals surface area contributed by atoms with Crippen LogP contribution < -0.4 is 11.1 Å². The lowest BCUT2D eigenvalue weighted by Gasteiger charge is -2.34. The van der Waals surface area contributed by atoms with Gasteiger partial charge in [-0.3, -0.25) is 9.79 Å². The van der Waals surface area contributed by atoms with Crippen LogP contribution in [0.2, 0.25) is 0 Å². The van der Waals surface area contributed by atoms with Gasteiger partial charge in [0.15, 0.2) is 5.96 Å². The van der Waals surface area contributed by atoms with Crippen LogP contribution in [0.15, 0.2) is 4.99 Å². The number of nitrogens with two attached hydrogens (primary N) is 1. The number of carbonyl (C=O) groups excluding carboxylic acids is 1. The highest BCUT2D eigenvalue weighted by molar-refractivity contribution is 5.80. The van der Waals surface area contributed by atoms with E-state index >= 15 is 0 Å². The number of hydrogen-bond donors (Lipinski definition) is 2. The number of primary amides is 1. The normalized spacial score (nSPS) is 19.5. The standard InChI is InChI=1S/C17H34N4O/c1-4-19-17(20-10-6-5-8-14(2)3)21-11-7-9-15(13-21)12-16(18)22/h14-15H,4-13H2,1-3H3,(H2,18,22)(H,19,20). The smallest absolute Gasteiger partial charge is 0.217 e. The third kappa shape index (κ3) is 7.66. The summed E-state index contributed by atoms with van der Waals surface area (Å²) in [6, 6.07) is 0. The van der Waals surface area contributed by atoms with Gasteiger partial charge in [0.2, 0.25) is 5.91 Å². The molecular weight excluding hydrogens is 276 g/mol. The number of rotatable bonds is 8. The van der Waals surface area contributed by atoms with Crippen molar-refractivity contribution in [2.75, 3.05) is 26.2 Å². The molecule has 128 valence electrons. The number of carbonyl (C=O) groups is 1. The molecule has 1 fully saturated rings. The predicted octanol–water partition coefficient (Wildman–Crippen LogP) is 2.37. The van der Waals surface area contributed by atoms with E-state index in [1.807, 2.05) is 0 Å². The van der Waals surface area contributed by atoms with Gasteiger partial charge in [-0.25, -0.2) is 0 Å². The van der Waals surface area contributed by atoms with Crippen molar-refractivity contribution in [3.05, 3.63) is 0 Å². The van der Waals surface area contributed by atoms with E-state index in [2.05, 4.69) is 31.0 Å². The highest BCUT2D eigenvalue weighted by atomic mass is 16.1. The fraction of sp³-hybridized carbons (Fsp3) is 0.882. The molecule has 0 bridgehead atoms. The van der Waals surface area contributed by atoms with Crippen LogP contribution in [0.4, 0.5) is 0 Å². The van der Waals surface area contributed by atoms with Gasteiger partial charge in [0.05, 0.1) is 0 Å². The van der Waals surface area contributed by atoms with Gasteiger partial charge in [0, 0.05) is 32.6 Å². The number of nitrogens with zero attached hydrogens (tertiary/aromatic N) is 2. The largest absolute Gasteiger partial charge is 0.370 e. The molecule has 0 aromatic rings. The van der Waals surface area contributed by atoms with Gasteiger partial charge in [-0.15, -0.1) is 0 Å². The van der Waals surface area contributed by atoms with Gasteiger partial charge in [-0.1, -0.05) is 26.7 Å². The molecule has 1 heterocycles. The molecule has 22 heavy (non-hydrogen) atoms. The quantitative estimate of drug-likeness (QED) is 0.411. The zero-order valence-corrected chi connectivity index (χ0v) is 14.6. The van der Waals surface area contributed by atoms with Crippen LogP contribution in [0.3, 0.4) is 0 Å². The number of likely N-dealkylation sites (tertiary alicyclic amines) is 1. The van der Waals surface area contributed by atoms with Crippen LogP contribution in [-0.2, 0) is 4.79 Å². The van der Waals surface area contributed by atoms with Gasteiger partial charge in [-0.2, -0.15) is 0 Å². The summed E-state index contributed by atoms with van der Waals surface area (Å²) in [7, 11) is 0. The molecular formula is C17H34N4O. The van der Waals surface area contributed by atoms with E-state index in [0.717, 1.165) is 57.3 Å². The molecule has 1 aliphatic rings. The number of guanidine groups is 1. The van der Waals surface area contributed by atoms with Crippen LogP contribution in [0.1, 0.15) is 59.3 Å². The van der Waals surface area contributed by atoms with Crippen LogP contribution in [0.5, 0.6) is 0 Å². The summed E-state index contributed by atoms with van der Waals surface area (Å²) in [5, 5.41) is 3.39. The summed E-state index contributed by atoms with van der Waals surface area (Å²) in [4.78, 5) is 18.2. The highest BCUT2D eigenvalue weighted by Crippen LogP contribution is 2.19. The lowest BCUT2D eigenvalue weighted by Crippen LogP contribution is -2.47. The van der Waals surface area contributed by atoms with Gasteiger partial charge in [0.25, 0.3) is 0 Å². The minimum Gasteiger partial charge on any atom is -0.370 e. The maximum atomic E-state index is 11.1. The van der Waals surface area contributed by atoms with E-state index in [0.29, 0.717) is 12.3 Å². The molecule has 1 rings (SSSR count). The van der Waals surface area contributed by atoms with E-state index in [1.165, 1.54) is 12.8 Å². The molecule has 0 aromatic carbocycles. The lowest BCUT2D eigenvalue weighted by molar-refractivity contribution is -0.119. The summed E-state index contributed by atoms with van der Waals surface area (Å²) in [6.45, 7) is 10.3. The van der Waals surface area contributed by atoms with E-state index in [1.54, 1.807) is 0 Å². The Morgan fingerprint density at radius 3 is 2.82 bits per heavy atom. The minimum absolute atomic E-state index is 0.192. The average Bonchev–Trinajstić information content (AvgIpc) is 2.45. The second-order valence-corrected chi connectivity index (χ2v) is 6.75. The van der Waals surface area contributed by atoms with Crippen LogP contribution in [0, 0.1) is 11.8 Å². The Hall–Kier alpha value is -1.26. The summed E-state index contributed by atoms with van der Waals surface area (Å²) in [5.74, 6) is 1.95. The fourth-order valence-corrected chi connectivity index (χ4v) is 2.98. The monoisotopic (exact) mass is 310 g/mol. The Kier molecular flexibility index (Phi) is 8.94. The van der Waals surface area contributed by atoms with E-state index in [4.69, 9.17) is 10.7 Å². The number of hydrogen-bond acceptors (Lipinski definition) is 2. The first kappa shape index (κ1) is 18.8. The number of amides is 1.